The second-order valence-corrected chi connectivity index (χ2v) is 6.05. The lowest BCUT2D eigenvalue weighted by molar-refractivity contribution is 0.0922. The van der Waals surface area contributed by atoms with Gasteiger partial charge in [-0.05, 0) is 42.9 Å². The topological polar surface area (TPSA) is 29.1 Å². The molecule has 2 nitrogen and oxygen atoms in total. The zero-order valence-corrected chi connectivity index (χ0v) is 12.5. The summed E-state index contributed by atoms with van der Waals surface area (Å²) in [5.74, 6) is -1.00. The number of hydrogen-bond acceptors (Lipinski definition) is 1. The largest absolute Gasteiger partial charge is 0.349 e. The van der Waals surface area contributed by atoms with E-state index < -0.39 is 17.5 Å². The number of amides is 1. The van der Waals surface area contributed by atoms with E-state index in [9.17, 15) is 13.6 Å². The predicted octanol–water partition coefficient (Wildman–Crippen LogP) is 4.16. The summed E-state index contributed by atoms with van der Waals surface area (Å²) >= 11 is 0. The summed E-state index contributed by atoms with van der Waals surface area (Å²) in [6.45, 7) is 8.29. The molecular formula is C16H23F2NO. The van der Waals surface area contributed by atoms with Crippen LogP contribution in [0.25, 0.3) is 0 Å². The van der Waals surface area contributed by atoms with Gasteiger partial charge in [0.25, 0.3) is 5.91 Å². The zero-order chi connectivity index (χ0) is 15.3. The third-order valence-electron chi connectivity index (χ3n) is 3.02. The Morgan fingerprint density at radius 1 is 1.10 bits per heavy atom. The third kappa shape index (κ3) is 5.27. The van der Waals surface area contributed by atoms with Crippen LogP contribution in [0.15, 0.2) is 18.2 Å². The standard InChI is InChI=1S/C16H23F2NO/c1-10(2)7-13(8-11(3)4)19-16(20)14-9-12(17)5-6-15(14)18/h5-6,9-11,13H,7-8H2,1-4H3,(H,19,20). The van der Waals surface area contributed by atoms with Gasteiger partial charge in [0.2, 0.25) is 0 Å². The molecule has 0 heterocycles. The van der Waals surface area contributed by atoms with Gasteiger partial charge < -0.3 is 5.32 Å². The number of rotatable bonds is 6. The number of nitrogens with one attached hydrogen (secondary N) is 1. The highest BCUT2D eigenvalue weighted by Gasteiger charge is 2.19. The maximum Gasteiger partial charge on any atom is 0.254 e. The van der Waals surface area contributed by atoms with Crippen molar-refractivity contribution < 1.29 is 13.6 Å². The van der Waals surface area contributed by atoms with Crippen LogP contribution in [0.3, 0.4) is 0 Å². The van der Waals surface area contributed by atoms with Gasteiger partial charge in [-0.15, -0.1) is 0 Å². The number of hydrogen-bond donors (Lipinski definition) is 1. The number of benzene rings is 1. The van der Waals surface area contributed by atoms with E-state index in [2.05, 4.69) is 33.0 Å². The van der Waals surface area contributed by atoms with Crippen LogP contribution < -0.4 is 5.32 Å². The van der Waals surface area contributed by atoms with Crippen LogP contribution in [-0.4, -0.2) is 11.9 Å². The van der Waals surface area contributed by atoms with Gasteiger partial charge in [0.15, 0.2) is 0 Å². The summed E-state index contributed by atoms with van der Waals surface area (Å²) < 4.78 is 26.7. The second kappa shape index (κ2) is 7.36. The summed E-state index contributed by atoms with van der Waals surface area (Å²) in [7, 11) is 0. The van der Waals surface area contributed by atoms with Crippen LogP contribution in [0.4, 0.5) is 8.78 Å². The van der Waals surface area contributed by atoms with Crippen LogP contribution in [-0.2, 0) is 0 Å². The van der Waals surface area contributed by atoms with Crippen molar-refractivity contribution in [1.82, 2.24) is 5.32 Å². The molecule has 4 heteroatoms. The van der Waals surface area contributed by atoms with E-state index in [1.807, 2.05) is 0 Å². The Bertz CT molecular complexity index is 448. The Kier molecular flexibility index (Phi) is 6.11. The minimum absolute atomic E-state index is 0.0230. The maximum atomic E-state index is 13.6. The molecule has 20 heavy (non-hydrogen) atoms. The number of carbonyl (C=O) groups is 1. The first-order valence-electron chi connectivity index (χ1n) is 7.05. The average Bonchev–Trinajstić information content (AvgIpc) is 2.30. The summed E-state index contributed by atoms with van der Waals surface area (Å²) in [6, 6.07) is 2.90. The van der Waals surface area contributed by atoms with E-state index in [4.69, 9.17) is 0 Å². The fraction of sp³-hybridized carbons (Fsp3) is 0.562. The van der Waals surface area contributed by atoms with Crippen molar-refractivity contribution in [3.8, 4) is 0 Å². The minimum atomic E-state index is -0.697. The van der Waals surface area contributed by atoms with Crippen molar-refractivity contribution in [2.45, 2.75) is 46.6 Å². The van der Waals surface area contributed by atoms with E-state index in [1.54, 1.807) is 0 Å². The number of carbonyl (C=O) groups excluding carboxylic acids is 1. The van der Waals surface area contributed by atoms with Crippen molar-refractivity contribution in [3.05, 3.63) is 35.4 Å². The quantitative estimate of drug-likeness (QED) is 0.834. The molecule has 0 bridgehead atoms. The monoisotopic (exact) mass is 283 g/mol. The van der Waals surface area contributed by atoms with Gasteiger partial charge in [-0.25, -0.2) is 8.78 Å². The highest BCUT2D eigenvalue weighted by Crippen LogP contribution is 2.15. The molecular weight excluding hydrogens is 260 g/mol. The minimum Gasteiger partial charge on any atom is -0.349 e. The molecule has 0 spiro atoms. The van der Waals surface area contributed by atoms with Crippen molar-refractivity contribution >= 4 is 5.91 Å². The first kappa shape index (κ1) is 16.6. The molecule has 0 saturated heterocycles. The van der Waals surface area contributed by atoms with E-state index in [0.717, 1.165) is 31.0 Å². The van der Waals surface area contributed by atoms with E-state index in [-0.39, 0.29) is 11.6 Å². The molecule has 1 amide bonds. The zero-order valence-electron chi connectivity index (χ0n) is 12.5. The lowest BCUT2D eigenvalue weighted by Gasteiger charge is -2.22. The van der Waals surface area contributed by atoms with Gasteiger partial charge >= 0.3 is 0 Å². The maximum absolute atomic E-state index is 13.6. The predicted molar refractivity (Wildman–Crippen MR) is 76.5 cm³/mol. The second-order valence-electron chi connectivity index (χ2n) is 6.05. The highest BCUT2D eigenvalue weighted by molar-refractivity contribution is 5.94. The Hall–Kier alpha value is -1.45. The molecule has 0 aliphatic heterocycles. The highest BCUT2D eigenvalue weighted by atomic mass is 19.1. The van der Waals surface area contributed by atoms with Crippen LogP contribution in [0.5, 0.6) is 0 Å². The summed E-state index contributed by atoms with van der Waals surface area (Å²) in [4.78, 5) is 12.1. The smallest absolute Gasteiger partial charge is 0.254 e. The Labute approximate surface area is 119 Å². The lowest BCUT2D eigenvalue weighted by Crippen LogP contribution is -2.37. The normalized spacial score (nSPS) is 11.4. The fourth-order valence-electron chi connectivity index (χ4n) is 2.29. The molecule has 0 unspecified atom stereocenters. The first-order valence-corrected chi connectivity index (χ1v) is 7.05. The molecule has 0 saturated carbocycles. The van der Waals surface area contributed by atoms with Crippen molar-refractivity contribution in [2.75, 3.05) is 0 Å². The average molecular weight is 283 g/mol. The SMILES string of the molecule is CC(C)CC(CC(C)C)NC(=O)c1cc(F)ccc1F. The van der Waals surface area contributed by atoms with E-state index in [0.29, 0.717) is 11.8 Å². The van der Waals surface area contributed by atoms with Crippen LogP contribution in [0, 0.1) is 23.5 Å². The van der Waals surface area contributed by atoms with Gasteiger partial charge in [0.1, 0.15) is 11.6 Å². The molecule has 0 aromatic heterocycles. The molecule has 0 aliphatic rings. The van der Waals surface area contributed by atoms with Crippen LogP contribution >= 0.6 is 0 Å². The van der Waals surface area contributed by atoms with E-state index >= 15 is 0 Å². The molecule has 1 aromatic carbocycles. The molecule has 0 fully saturated rings. The van der Waals surface area contributed by atoms with Crippen molar-refractivity contribution in [1.29, 1.82) is 0 Å². The molecule has 1 rings (SSSR count). The first-order chi connectivity index (χ1) is 9.29. The molecule has 1 aromatic rings. The third-order valence-corrected chi connectivity index (χ3v) is 3.02. The molecule has 1 N–H and O–H groups in total. The van der Waals surface area contributed by atoms with Crippen molar-refractivity contribution in [3.63, 3.8) is 0 Å². The van der Waals surface area contributed by atoms with Crippen molar-refractivity contribution in [2.24, 2.45) is 11.8 Å². The fourth-order valence-corrected chi connectivity index (χ4v) is 2.29. The summed E-state index contributed by atoms with van der Waals surface area (Å²) in [5, 5.41) is 2.82. The molecule has 0 radical (unpaired) electrons. The Morgan fingerprint density at radius 3 is 2.15 bits per heavy atom. The van der Waals surface area contributed by atoms with Gasteiger partial charge in [-0.3, -0.25) is 4.79 Å². The lowest BCUT2D eigenvalue weighted by atomic mass is 9.95. The van der Waals surface area contributed by atoms with E-state index in [1.165, 1.54) is 0 Å². The van der Waals surface area contributed by atoms with Gasteiger partial charge in [-0.2, -0.15) is 0 Å². The Morgan fingerprint density at radius 2 is 1.65 bits per heavy atom. The molecule has 0 atom stereocenters. The molecule has 112 valence electrons. The van der Waals surface area contributed by atoms with Gasteiger partial charge in [0.05, 0.1) is 5.56 Å². The van der Waals surface area contributed by atoms with Gasteiger partial charge in [0, 0.05) is 6.04 Å². The van der Waals surface area contributed by atoms with Crippen LogP contribution in [0.2, 0.25) is 0 Å². The van der Waals surface area contributed by atoms with Gasteiger partial charge in [-0.1, -0.05) is 27.7 Å². The summed E-state index contributed by atoms with van der Waals surface area (Å²) in [6.07, 6.45) is 1.64. The van der Waals surface area contributed by atoms with Crippen LogP contribution in [0.1, 0.15) is 50.9 Å². The summed E-state index contributed by atoms with van der Waals surface area (Å²) in [5.41, 5.74) is -0.234. The molecule has 0 aliphatic carbocycles. The number of halogens is 2. The Balaban J connectivity index is 2.81.